The highest BCUT2D eigenvalue weighted by Gasteiger charge is 2.16. The Morgan fingerprint density at radius 1 is 0.769 bits per heavy atom. The van der Waals surface area contributed by atoms with Crippen molar-refractivity contribution in [2.45, 2.75) is 0 Å². The number of nitrogens with zero attached hydrogens (tertiary/aromatic N) is 1. The molecule has 4 rings (SSSR count). The normalized spacial score (nSPS) is 10.9. The molecule has 0 radical (unpaired) electrons. The monoisotopic (exact) mass is 557 g/mol. The van der Waals surface area contributed by atoms with Gasteiger partial charge in [-0.3, -0.25) is 9.59 Å². The molecule has 0 aromatic heterocycles. The number of hydrazone groups is 1. The molecule has 9 heteroatoms. The van der Waals surface area contributed by atoms with E-state index in [2.05, 4.69) is 15.8 Å². The van der Waals surface area contributed by atoms with Crippen molar-refractivity contribution in [3.05, 3.63) is 135 Å². The van der Waals surface area contributed by atoms with Crippen molar-refractivity contribution in [2.24, 2.45) is 5.10 Å². The Morgan fingerprint density at radius 3 is 2.28 bits per heavy atom. The predicted molar refractivity (Wildman–Crippen MR) is 153 cm³/mol. The van der Waals surface area contributed by atoms with Crippen molar-refractivity contribution < 1.29 is 19.1 Å². The van der Waals surface area contributed by atoms with E-state index in [0.717, 1.165) is 5.56 Å². The van der Waals surface area contributed by atoms with Crippen LogP contribution in [-0.4, -0.2) is 24.0 Å². The second-order valence-electron chi connectivity index (χ2n) is 8.03. The molecule has 0 saturated heterocycles. The molecule has 0 saturated carbocycles. The van der Waals surface area contributed by atoms with Gasteiger partial charge in [0.25, 0.3) is 11.8 Å². The van der Waals surface area contributed by atoms with Crippen molar-refractivity contribution in [2.75, 3.05) is 5.32 Å². The summed E-state index contributed by atoms with van der Waals surface area (Å²) in [6.45, 7) is 0. The standard InChI is InChI=1S/C30H21Cl2N3O4/c31-22-15-16-23(25(32)18-22)29(37)34-26-12-6-5-11-24(26)30(38)35-33-19-21-10-4-7-13-27(21)39-28(36)17-14-20-8-2-1-3-9-20/h1-19H,(H,34,37)(H,35,38)/b17-14+,33-19-. The molecule has 2 N–H and O–H groups in total. The summed E-state index contributed by atoms with van der Waals surface area (Å²) < 4.78 is 5.44. The van der Waals surface area contributed by atoms with E-state index in [4.69, 9.17) is 27.9 Å². The number of carbonyl (C=O) groups excluding carboxylic acids is 3. The van der Waals surface area contributed by atoms with E-state index in [1.165, 1.54) is 24.4 Å². The molecular weight excluding hydrogens is 537 g/mol. The number of ether oxygens (including phenoxy) is 1. The van der Waals surface area contributed by atoms with Crippen molar-refractivity contribution >= 4 is 59.0 Å². The first-order chi connectivity index (χ1) is 18.9. The Labute approximate surface area is 234 Å². The Morgan fingerprint density at radius 2 is 1.49 bits per heavy atom. The highest BCUT2D eigenvalue weighted by atomic mass is 35.5. The molecule has 7 nitrogen and oxygen atoms in total. The van der Waals surface area contributed by atoms with Gasteiger partial charge in [0.2, 0.25) is 0 Å². The topological polar surface area (TPSA) is 96.9 Å². The summed E-state index contributed by atoms with van der Waals surface area (Å²) in [5.74, 6) is -1.36. The highest BCUT2D eigenvalue weighted by molar-refractivity contribution is 6.37. The van der Waals surface area contributed by atoms with Crippen LogP contribution in [0.15, 0.2) is 108 Å². The quantitative estimate of drug-likeness (QED) is 0.0835. The van der Waals surface area contributed by atoms with E-state index < -0.39 is 17.8 Å². The van der Waals surface area contributed by atoms with E-state index in [1.807, 2.05) is 30.3 Å². The van der Waals surface area contributed by atoms with Gasteiger partial charge < -0.3 is 10.1 Å². The van der Waals surface area contributed by atoms with Gasteiger partial charge in [-0.05, 0) is 54.1 Å². The third-order valence-corrected chi connectivity index (χ3v) is 5.85. The maximum atomic E-state index is 12.9. The van der Waals surface area contributed by atoms with Crippen LogP contribution in [0.2, 0.25) is 10.0 Å². The van der Waals surface area contributed by atoms with E-state index in [1.54, 1.807) is 60.7 Å². The van der Waals surface area contributed by atoms with Crippen molar-refractivity contribution in [3.8, 4) is 5.75 Å². The van der Waals surface area contributed by atoms with Crippen LogP contribution in [0.3, 0.4) is 0 Å². The summed E-state index contributed by atoms with van der Waals surface area (Å²) in [4.78, 5) is 37.9. The maximum Gasteiger partial charge on any atom is 0.336 e. The van der Waals surface area contributed by atoms with Gasteiger partial charge in [0, 0.05) is 16.7 Å². The first-order valence-electron chi connectivity index (χ1n) is 11.6. The van der Waals surface area contributed by atoms with Crippen LogP contribution in [0.4, 0.5) is 5.69 Å². The number of carbonyl (C=O) groups is 3. The lowest BCUT2D eigenvalue weighted by Crippen LogP contribution is -2.21. The van der Waals surface area contributed by atoms with Crippen molar-refractivity contribution in [3.63, 3.8) is 0 Å². The summed E-state index contributed by atoms with van der Waals surface area (Å²) >= 11 is 12.0. The third-order valence-electron chi connectivity index (χ3n) is 5.31. The highest BCUT2D eigenvalue weighted by Crippen LogP contribution is 2.23. The number of anilines is 1. The Balaban J connectivity index is 1.42. The third kappa shape index (κ3) is 7.64. The van der Waals surface area contributed by atoms with E-state index in [-0.39, 0.29) is 27.6 Å². The summed E-state index contributed by atoms with van der Waals surface area (Å²) in [6.07, 6.45) is 4.33. The van der Waals surface area contributed by atoms with Crippen LogP contribution in [0.25, 0.3) is 6.08 Å². The van der Waals surface area contributed by atoms with Gasteiger partial charge in [-0.1, -0.05) is 77.8 Å². The first kappa shape index (κ1) is 27.3. The lowest BCUT2D eigenvalue weighted by molar-refractivity contribution is -0.128. The molecule has 4 aromatic rings. The fraction of sp³-hybridized carbons (Fsp3) is 0. The number of esters is 1. The molecule has 0 spiro atoms. The zero-order valence-electron chi connectivity index (χ0n) is 20.3. The fourth-order valence-electron chi connectivity index (χ4n) is 3.43. The molecule has 194 valence electrons. The number of hydrogen-bond donors (Lipinski definition) is 2. The molecule has 2 amide bonds. The Kier molecular flexibility index (Phi) is 9.24. The predicted octanol–water partition coefficient (Wildman–Crippen LogP) is 6.63. The molecule has 0 heterocycles. The van der Waals surface area contributed by atoms with Crippen LogP contribution in [0.5, 0.6) is 5.75 Å². The number of halogens is 2. The van der Waals surface area contributed by atoms with E-state index in [0.29, 0.717) is 10.6 Å². The number of hydrogen-bond acceptors (Lipinski definition) is 5. The fourth-order valence-corrected chi connectivity index (χ4v) is 3.92. The molecule has 0 atom stereocenters. The number of benzene rings is 4. The average molecular weight is 558 g/mol. The molecular formula is C30H21Cl2N3O4. The summed E-state index contributed by atoms with van der Waals surface area (Å²) in [5.41, 5.74) is 4.41. The van der Waals surface area contributed by atoms with Crippen LogP contribution in [0, 0.1) is 0 Å². The number of para-hydroxylation sites is 2. The average Bonchev–Trinajstić information content (AvgIpc) is 2.93. The Hall–Kier alpha value is -4.72. The van der Waals surface area contributed by atoms with Crippen molar-refractivity contribution in [1.82, 2.24) is 5.43 Å². The zero-order chi connectivity index (χ0) is 27.6. The van der Waals surface area contributed by atoms with Gasteiger partial charge in [0.15, 0.2) is 0 Å². The molecule has 0 aliphatic rings. The minimum Gasteiger partial charge on any atom is -0.423 e. The van der Waals surface area contributed by atoms with Gasteiger partial charge in [-0.25, -0.2) is 10.2 Å². The number of amides is 2. The van der Waals surface area contributed by atoms with Gasteiger partial charge in [-0.15, -0.1) is 0 Å². The van der Waals surface area contributed by atoms with Gasteiger partial charge in [0.05, 0.1) is 28.1 Å². The van der Waals surface area contributed by atoms with Crippen LogP contribution < -0.4 is 15.5 Å². The van der Waals surface area contributed by atoms with Crippen molar-refractivity contribution in [1.29, 1.82) is 0 Å². The molecule has 0 aliphatic heterocycles. The SMILES string of the molecule is O=C(/C=C/c1ccccc1)Oc1ccccc1/C=N\NC(=O)c1ccccc1NC(=O)c1ccc(Cl)cc1Cl. The van der Waals surface area contributed by atoms with Crippen LogP contribution in [-0.2, 0) is 4.79 Å². The number of nitrogens with one attached hydrogen (secondary N) is 2. The van der Waals surface area contributed by atoms with Gasteiger partial charge >= 0.3 is 5.97 Å². The summed E-state index contributed by atoms with van der Waals surface area (Å²) in [6, 6.07) is 27.1. The first-order valence-corrected chi connectivity index (χ1v) is 12.4. The minimum atomic E-state index is -0.565. The smallest absolute Gasteiger partial charge is 0.336 e. The Bertz CT molecular complexity index is 1570. The molecule has 0 bridgehead atoms. The molecule has 4 aromatic carbocycles. The second-order valence-corrected chi connectivity index (χ2v) is 8.87. The zero-order valence-corrected chi connectivity index (χ0v) is 21.8. The largest absolute Gasteiger partial charge is 0.423 e. The minimum absolute atomic E-state index is 0.179. The summed E-state index contributed by atoms with van der Waals surface area (Å²) in [5, 5.41) is 7.27. The maximum absolute atomic E-state index is 12.9. The number of rotatable bonds is 8. The molecule has 0 unspecified atom stereocenters. The lowest BCUT2D eigenvalue weighted by Gasteiger charge is -2.11. The van der Waals surface area contributed by atoms with Gasteiger partial charge in [0.1, 0.15) is 5.75 Å². The van der Waals surface area contributed by atoms with E-state index in [9.17, 15) is 14.4 Å². The van der Waals surface area contributed by atoms with E-state index >= 15 is 0 Å². The summed E-state index contributed by atoms with van der Waals surface area (Å²) in [7, 11) is 0. The van der Waals surface area contributed by atoms with Crippen LogP contribution >= 0.6 is 23.2 Å². The lowest BCUT2D eigenvalue weighted by atomic mass is 10.1. The molecule has 0 aliphatic carbocycles. The molecule has 39 heavy (non-hydrogen) atoms. The van der Waals surface area contributed by atoms with Crippen LogP contribution in [0.1, 0.15) is 31.8 Å². The second kappa shape index (κ2) is 13.2. The van der Waals surface area contributed by atoms with Gasteiger partial charge in [-0.2, -0.15) is 5.10 Å². The molecule has 0 fully saturated rings.